The van der Waals surface area contributed by atoms with Crippen molar-refractivity contribution < 1.29 is 29.0 Å². The highest BCUT2D eigenvalue weighted by Gasteiger charge is 2.27. The molecule has 4 fully saturated rings. The Bertz CT molecular complexity index is 5280. The van der Waals surface area contributed by atoms with Crippen molar-refractivity contribution in [1.82, 2.24) is 113 Å². The Morgan fingerprint density at radius 2 is 1.05 bits per heavy atom. The highest BCUT2D eigenvalue weighted by atomic mass is 35.5. The fourth-order valence-corrected chi connectivity index (χ4v) is 11.5. The number of carbonyl (C=O) groups excluding carboxylic acids is 3. The third kappa shape index (κ3) is 20.4. The summed E-state index contributed by atoms with van der Waals surface area (Å²) < 4.78 is 14.4. The number of alkyl halides is 3. The van der Waals surface area contributed by atoms with Crippen molar-refractivity contribution in [3.63, 3.8) is 0 Å². The lowest BCUT2D eigenvalue weighted by Gasteiger charge is -1.98. The van der Waals surface area contributed by atoms with E-state index in [9.17, 15) is 19.2 Å². The lowest BCUT2D eigenvalue weighted by Crippen LogP contribution is -2.07. The number of carboxylic acids is 1. The third-order valence-corrected chi connectivity index (χ3v) is 18.1. The molecule has 0 bridgehead atoms. The number of carbonyl (C=O) groups is 4. The van der Waals surface area contributed by atoms with Crippen LogP contribution < -0.4 is 11.5 Å². The molecule has 542 valence electrons. The van der Waals surface area contributed by atoms with Gasteiger partial charge < -0.3 is 43.3 Å². The van der Waals surface area contributed by atoms with Gasteiger partial charge in [0, 0.05) is 78.8 Å². The molecule has 0 saturated heterocycles. The number of Topliss-reactive ketones (excluding diaryl/α,β-unsaturated/α-hetero) is 2. The number of pyridine rings is 6. The van der Waals surface area contributed by atoms with Crippen molar-refractivity contribution in [3.05, 3.63) is 219 Å². The molecular weight excluding hydrogens is 1450 g/mol. The van der Waals surface area contributed by atoms with Gasteiger partial charge in [0.05, 0.1) is 76.4 Å². The fraction of sp³-hybridized carbons (Fsp3) is 0.319. The van der Waals surface area contributed by atoms with E-state index in [1.807, 2.05) is 91.2 Å². The first-order valence-electron chi connectivity index (χ1n) is 33.5. The number of hydrogen-bond donors (Lipinski definition) is 4. The van der Waals surface area contributed by atoms with Crippen LogP contribution in [0, 0.1) is 0 Å². The number of nitrogens with one attached hydrogen (secondary N) is 1. The molecule has 0 unspecified atom stereocenters. The number of nitrogen functional groups attached to an aromatic ring is 1. The molecule has 36 heteroatoms. The second-order valence-corrected chi connectivity index (χ2v) is 26.4. The minimum Gasteiger partial charge on any atom is -0.475 e. The number of aryl methyl sites for hydroxylation is 1. The van der Waals surface area contributed by atoms with Crippen molar-refractivity contribution in [3.8, 4) is 0 Å². The number of ketones is 2. The predicted molar refractivity (Wildman–Crippen MR) is 390 cm³/mol. The van der Waals surface area contributed by atoms with E-state index in [1.165, 1.54) is 83.2 Å². The molecule has 0 aromatic carbocycles. The molecule has 18 rings (SSSR count). The van der Waals surface area contributed by atoms with E-state index in [0.717, 1.165) is 68.3 Å². The second kappa shape index (κ2) is 34.7. The normalized spacial score (nSPS) is 13.6. The number of aromatic carboxylic acids is 1. The van der Waals surface area contributed by atoms with Crippen LogP contribution in [0.3, 0.4) is 0 Å². The maximum absolute atomic E-state index is 12.6. The molecule has 0 spiro atoms. The number of fused-ring (bicyclic) bond motifs is 5. The Balaban J connectivity index is 0.000000123. The number of tetrazole rings is 3. The minimum absolute atomic E-state index is 0.0312. The average Bonchev–Trinajstić information content (AvgIpc) is 1.68. The Kier molecular flexibility index (Phi) is 24.5. The monoisotopic (exact) mass is 1520 g/mol. The van der Waals surface area contributed by atoms with Gasteiger partial charge in [-0.05, 0) is 175 Å². The maximum atomic E-state index is 12.6. The zero-order valence-corrected chi connectivity index (χ0v) is 60.3. The molecule has 4 aliphatic carbocycles. The molecule has 14 aromatic rings. The standard InChI is InChI=1S/C22H19ClN8O.C13H12N6O2.C11H11ClN2.C8H8ClN3.C8H10N2.C4H6N4O2.C3H4Cl2O/c23-16-7-8-29-13-24-18(19(29)9-16)4-5-20(32)22-26-28-31(27-22)12-17-11-30-10-15(14-1-2-14)3-6-21(30)25-17;20-13(21)12-15-17-19(16-12)7-10-6-18-5-9(8-1-2-8)3-4-11(18)14-10;12-5-10-7-14-6-9(8-1-2-8)3-4-11(14)13-10;9-6-1-2-12-5-11-7(4-10)8(12)3-6;9-8-4-3-7(5-10-8)6-1-2-6;1-2-10-4(9)3-5-7-8-6-3;4-1-3(6)2-5/h3,6-11,13-14H,1-2,4-5,12H2;3-6,8H,1-2,7H2,(H,20,21);3-4,6-8H,1-2,5H2;1-3,5H,4,10H2;3-6H,1-2H2,(H2,9,10);2H2,1H3,(H,5,6,7,8);1-2H2. The number of esters is 1. The number of H-pyrrole nitrogens is 1. The van der Waals surface area contributed by atoms with Gasteiger partial charge in [-0.1, -0.05) is 47.5 Å². The molecule has 31 nitrogen and oxygen atoms in total. The van der Waals surface area contributed by atoms with Gasteiger partial charge in [-0.3, -0.25) is 9.59 Å². The zero-order valence-electron chi connectivity index (χ0n) is 56.5. The van der Waals surface area contributed by atoms with Crippen LogP contribution in [0.1, 0.15) is 171 Å². The number of aromatic amines is 1. The van der Waals surface area contributed by atoms with Crippen molar-refractivity contribution in [2.24, 2.45) is 5.73 Å². The van der Waals surface area contributed by atoms with Gasteiger partial charge in [-0.25, -0.2) is 39.5 Å². The topological polar surface area (TPSA) is 391 Å². The summed E-state index contributed by atoms with van der Waals surface area (Å²) in [6.07, 6.45) is 32.4. The van der Waals surface area contributed by atoms with Crippen LogP contribution in [0.25, 0.3) is 28.0 Å². The number of imidazole rings is 5. The van der Waals surface area contributed by atoms with Gasteiger partial charge in [-0.2, -0.15) is 14.8 Å². The van der Waals surface area contributed by atoms with Crippen molar-refractivity contribution in [1.29, 1.82) is 0 Å². The summed E-state index contributed by atoms with van der Waals surface area (Å²) in [5.41, 5.74) is 25.2. The zero-order chi connectivity index (χ0) is 73.5. The summed E-state index contributed by atoms with van der Waals surface area (Å²) in [4.78, 5) is 72.6. The van der Waals surface area contributed by atoms with Crippen LogP contribution in [-0.2, 0) is 41.5 Å². The van der Waals surface area contributed by atoms with Crippen LogP contribution >= 0.6 is 58.0 Å². The van der Waals surface area contributed by atoms with E-state index in [2.05, 4.69) is 139 Å². The third-order valence-electron chi connectivity index (χ3n) is 16.7. The summed E-state index contributed by atoms with van der Waals surface area (Å²) in [5.74, 6) is 1.82. The number of nitrogens with zero attached hydrogens (tertiary/aromatic N) is 22. The number of ether oxygens (including phenoxy) is 1. The van der Waals surface area contributed by atoms with Gasteiger partial charge in [0.2, 0.25) is 11.6 Å². The van der Waals surface area contributed by atoms with Crippen LogP contribution in [0.2, 0.25) is 10.0 Å². The van der Waals surface area contributed by atoms with E-state index in [1.54, 1.807) is 25.6 Å². The summed E-state index contributed by atoms with van der Waals surface area (Å²) in [6.45, 7) is 3.10. The van der Waals surface area contributed by atoms with Gasteiger partial charge in [0.25, 0.3) is 11.6 Å². The molecule has 14 aromatic heterocycles. The summed E-state index contributed by atoms with van der Waals surface area (Å²) in [5, 5.41) is 45.4. The van der Waals surface area contributed by atoms with E-state index >= 15 is 0 Å². The van der Waals surface area contributed by atoms with Crippen molar-refractivity contribution in [2.45, 2.75) is 120 Å². The van der Waals surface area contributed by atoms with Gasteiger partial charge in [-0.15, -0.1) is 65.4 Å². The molecule has 105 heavy (non-hydrogen) atoms. The molecule has 6 N–H and O–H groups in total. The van der Waals surface area contributed by atoms with Crippen LogP contribution in [0.4, 0.5) is 5.82 Å². The van der Waals surface area contributed by atoms with Crippen molar-refractivity contribution >= 4 is 115 Å². The number of aromatic nitrogens is 23. The van der Waals surface area contributed by atoms with Gasteiger partial charge >= 0.3 is 11.9 Å². The summed E-state index contributed by atoms with van der Waals surface area (Å²) in [7, 11) is 0. The lowest BCUT2D eigenvalue weighted by molar-refractivity contribution is -0.114. The highest BCUT2D eigenvalue weighted by Crippen LogP contribution is 2.42. The molecule has 0 aliphatic heterocycles. The highest BCUT2D eigenvalue weighted by molar-refractivity contribution is 6.35. The fourth-order valence-electron chi connectivity index (χ4n) is 10.8. The molecule has 14 heterocycles. The van der Waals surface area contributed by atoms with Crippen LogP contribution in [0.5, 0.6) is 0 Å². The number of nitrogens with two attached hydrogens (primary N) is 2. The summed E-state index contributed by atoms with van der Waals surface area (Å²) >= 11 is 27.7. The lowest BCUT2D eigenvalue weighted by atomic mass is 10.1. The minimum atomic E-state index is -1.19. The van der Waals surface area contributed by atoms with E-state index < -0.39 is 11.9 Å². The number of anilines is 1. The Hall–Kier alpha value is -10.7. The number of carboxylic acid groups (broad SMARTS) is 1. The van der Waals surface area contributed by atoms with E-state index in [0.29, 0.717) is 66.2 Å². The SMILES string of the molecule is CCOC(=O)c1nn[nH]n1.ClCc1cn2cc(C3CC3)ccc2n1.NCc1ncn2ccc(Cl)cc12.Nc1ccc(C2CC2)cn1.O=C(CCc1ncn2ccc(Cl)cc12)c1nnn(Cc2cn3cc(C4CC4)ccc3n2)n1.O=C(CCl)CCl.O=C(O)c1nnn(Cc2cn3cc(C4CC4)ccc3n2)n1. The molecule has 4 aliphatic rings. The Morgan fingerprint density at radius 3 is 1.49 bits per heavy atom. The first-order valence-corrected chi connectivity index (χ1v) is 35.8. The predicted octanol–water partition coefficient (Wildman–Crippen LogP) is 10.7. The van der Waals surface area contributed by atoms with Gasteiger partial charge in [0.15, 0.2) is 5.78 Å². The Labute approximate surface area is 623 Å². The molecule has 4 saturated carbocycles. The molecular formula is C69H70Cl5N25O6. The second-order valence-electron chi connectivity index (χ2n) is 24.8. The van der Waals surface area contributed by atoms with E-state index in [-0.39, 0.29) is 47.2 Å². The maximum Gasteiger partial charge on any atom is 0.380 e. The average molecular weight is 1520 g/mol. The number of rotatable bonds is 19. The van der Waals surface area contributed by atoms with Crippen molar-refractivity contribution in [2.75, 3.05) is 24.1 Å². The quantitative estimate of drug-likeness (QED) is 0.0332. The largest absolute Gasteiger partial charge is 0.475 e. The molecule has 0 radical (unpaired) electrons. The first kappa shape index (κ1) is 74.0. The number of hydrogen-bond acceptors (Lipinski definition) is 22. The first-order chi connectivity index (χ1) is 51.0. The smallest absolute Gasteiger partial charge is 0.380 e. The molecule has 0 atom stereocenters. The molecule has 0 amide bonds. The van der Waals surface area contributed by atoms with E-state index in [4.69, 9.17) is 74.6 Å². The van der Waals surface area contributed by atoms with Gasteiger partial charge in [0.1, 0.15) is 35.8 Å². The van der Waals surface area contributed by atoms with Crippen LogP contribution in [0.15, 0.2) is 141 Å². The number of halogens is 5. The Morgan fingerprint density at radius 1 is 0.571 bits per heavy atom. The van der Waals surface area contributed by atoms with Crippen LogP contribution in [-0.4, -0.2) is 160 Å². The summed E-state index contributed by atoms with van der Waals surface area (Å²) in [6, 6.07) is 23.8.